The lowest BCUT2D eigenvalue weighted by Crippen LogP contribution is -2.26. The lowest BCUT2D eigenvalue weighted by molar-refractivity contribution is 0.0544. The van der Waals surface area contributed by atoms with Gasteiger partial charge in [-0.25, -0.2) is 4.79 Å². The average Bonchev–Trinajstić information content (AvgIpc) is 2.55. The minimum Gasteiger partial charge on any atom is -0.443 e. The molecule has 0 aliphatic rings. The van der Waals surface area contributed by atoms with Crippen LogP contribution in [0.15, 0.2) is 24.7 Å². The fraction of sp³-hybridized carbons (Fsp3) is 0.333. The Morgan fingerprint density at radius 1 is 1.47 bits per heavy atom. The maximum Gasteiger partial charge on any atom is 0.419 e. The van der Waals surface area contributed by atoms with E-state index in [1.165, 1.54) is 4.57 Å². The van der Waals surface area contributed by atoms with E-state index in [4.69, 9.17) is 4.74 Å². The Morgan fingerprint density at radius 2 is 2.18 bits per heavy atom. The Balaban J connectivity index is 2.46. The van der Waals surface area contributed by atoms with Crippen molar-refractivity contribution in [2.75, 3.05) is 0 Å². The Hall–Kier alpha value is -1.11. The van der Waals surface area contributed by atoms with Gasteiger partial charge in [0.1, 0.15) is 5.60 Å². The molecule has 17 heavy (non-hydrogen) atoms. The number of ether oxygens (including phenoxy) is 1. The Kier molecular flexibility index (Phi) is 3.11. The van der Waals surface area contributed by atoms with Gasteiger partial charge < -0.3 is 4.74 Å². The lowest BCUT2D eigenvalue weighted by Gasteiger charge is -2.19. The zero-order valence-corrected chi connectivity index (χ0v) is 12.1. The van der Waals surface area contributed by atoms with Gasteiger partial charge in [0.25, 0.3) is 0 Å². The van der Waals surface area contributed by atoms with Crippen molar-refractivity contribution >= 4 is 39.6 Å². The molecule has 0 unspecified atom stereocenters. The highest BCUT2D eigenvalue weighted by Gasteiger charge is 2.20. The van der Waals surface area contributed by atoms with Crippen molar-refractivity contribution in [3.8, 4) is 0 Å². The Morgan fingerprint density at radius 3 is 2.82 bits per heavy atom. The lowest BCUT2D eigenvalue weighted by atomic mass is 10.2. The molecule has 0 fully saturated rings. The summed E-state index contributed by atoms with van der Waals surface area (Å²) >= 11 is 2.18. The number of hydrogen-bond acceptors (Lipinski definition) is 3. The highest BCUT2D eigenvalue weighted by atomic mass is 127. The third-order valence-electron chi connectivity index (χ3n) is 2.15. The number of carbonyl (C=O) groups excluding carboxylic acids is 1. The summed E-state index contributed by atoms with van der Waals surface area (Å²) < 4.78 is 7.85. The molecule has 0 radical (unpaired) electrons. The van der Waals surface area contributed by atoms with E-state index in [-0.39, 0.29) is 6.09 Å². The molecule has 0 atom stereocenters. The van der Waals surface area contributed by atoms with Gasteiger partial charge in [-0.3, -0.25) is 9.55 Å². The van der Waals surface area contributed by atoms with Crippen LogP contribution in [-0.2, 0) is 4.74 Å². The van der Waals surface area contributed by atoms with Crippen molar-refractivity contribution in [2.24, 2.45) is 0 Å². The minimum atomic E-state index is -0.494. The smallest absolute Gasteiger partial charge is 0.419 e. The fourth-order valence-corrected chi connectivity index (χ4v) is 2.19. The molecule has 2 heterocycles. The predicted octanol–water partition coefficient (Wildman–Crippen LogP) is 3.42. The molecule has 0 aromatic carbocycles. The average molecular weight is 344 g/mol. The Bertz CT molecular complexity index is 569. The van der Waals surface area contributed by atoms with Crippen molar-refractivity contribution in [1.82, 2.24) is 9.55 Å². The van der Waals surface area contributed by atoms with Crippen LogP contribution in [0.4, 0.5) is 4.79 Å². The highest BCUT2D eigenvalue weighted by Crippen LogP contribution is 2.22. The molecule has 2 aromatic rings. The maximum atomic E-state index is 12.0. The van der Waals surface area contributed by atoms with E-state index in [1.807, 2.05) is 20.8 Å². The van der Waals surface area contributed by atoms with Gasteiger partial charge in [-0.1, -0.05) is 0 Å². The van der Waals surface area contributed by atoms with Gasteiger partial charge in [0.2, 0.25) is 0 Å². The van der Waals surface area contributed by atoms with Crippen molar-refractivity contribution in [1.29, 1.82) is 0 Å². The summed E-state index contributed by atoms with van der Waals surface area (Å²) in [7, 11) is 0. The van der Waals surface area contributed by atoms with E-state index < -0.39 is 5.60 Å². The monoisotopic (exact) mass is 344 g/mol. The summed E-state index contributed by atoms with van der Waals surface area (Å²) in [5.74, 6) is 0. The normalized spacial score (nSPS) is 11.8. The number of rotatable bonds is 0. The Labute approximate surface area is 113 Å². The van der Waals surface area contributed by atoms with Crippen molar-refractivity contribution in [3.05, 3.63) is 28.2 Å². The van der Waals surface area contributed by atoms with E-state index >= 15 is 0 Å². The molecule has 0 spiro atoms. The van der Waals surface area contributed by atoms with Gasteiger partial charge in [0, 0.05) is 27.5 Å². The summed E-state index contributed by atoms with van der Waals surface area (Å²) in [6.07, 6.45) is 4.81. The van der Waals surface area contributed by atoms with E-state index in [0.29, 0.717) is 0 Å². The van der Waals surface area contributed by atoms with Crippen LogP contribution >= 0.6 is 22.6 Å². The van der Waals surface area contributed by atoms with Crippen molar-refractivity contribution in [3.63, 3.8) is 0 Å². The van der Waals surface area contributed by atoms with Gasteiger partial charge in [-0.15, -0.1) is 0 Å². The first-order valence-corrected chi connectivity index (χ1v) is 6.30. The first-order valence-electron chi connectivity index (χ1n) is 5.22. The van der Waals surface area contributed by atoms with Gasteiger partial charge in [0.15, 0.2) is 0 Å². The third kappa shape index (κ3) is 2.59. The van der Waals surface area contributed by atoms with Crippen LogP contribution in [0.3, 0.4) is 0 Å². The topological polar surface area (TPSA) is 44.1 Å². The van der Waals surface area contributed by atoms with Crippen LogP contribution in [0.2, 0.25) is 0 Å². The van der Waals surface area contributed by atoms with Gasteiger partial charge in [-0.2, -0.15) is 0 Å². The molecule has 4 nitrogen and oxygen atoms in total. The summed E-state index contributed by atoms with van der Waals surface area (Å²) in [6, 6.07) is 1.81. The second-order valence-electron chi connectivity index (χ2n) is 4.72. The molecule has 90 valence electrons. The molecule has 0 bridgehead atoms. The number of carbonyl (C=O) groups is 1. The number of aromatic nitrogens is 2. The predicted molar refractivity (Wildman–Crippen MR) is 74.1 cm³/mol. The largest absolute Gasteiger partial charge is 0.443 e. The van der Waals surface area contributed by atoms with Crippen molar-refractivity contribution < 1.29 is 9.53 Å². The van der Waals surface area contributed by atoms with Crippen LogP contribution in [-0.4, -0.2) is 21.2 Å². The summed E-state index contributed by atoms with van der Waals surface area (Å²) in [5.41, 5.74) is 0.324. The second-order valence-corrected chi connectivity index (χ2v) is 5.88. The fourth-order valence-electron chi connectivity index (χ4n) is 1.50. The standard InChI is InChI=1S/C12H13IN2O2/c1-12(2,3)17-11(16)15-7-9(13)8-6-14-5-4-10(8)15/h4-7H,1-3H3. The first kappa shape index (κ1) is 12.3. The molecule has 0 saturated carbocycles. The second kappa shape index (κ2) is 4.29. The molecule has 2 aromatic heterocycles. The summed E-state index contributed by atoms with van der Waals surface area (Å²) in [5, 5.41) is 0.957. The van der Waals surface area contributed by atoms with Crippen LogP contribution in [0, 0.1) is 3.57 Å². The van der Waals surface area contributed by atoms with Crippen molar-refractivity contribution in [2.45, 2.75) is 26.4 Å². The zero-order valence-electron chi connectivity index (χ0n) is 9.90. The molecular formula is C12H13IN2O2. The summed E-state index contributed by atoms with van der Waals surface area (Å²) in [4.78, 5) is 16.1. The molecular weight excluding hydrogens is 331 g/mol. The number of pyridine rings is 1. The molecule has 2 rings (SSSR count). The molecule has 5 heteroatoms. The molecule has 0 saturated heterocycles. The SMILES string of the molecule is CC(C)(C)OC(=O)n1cc(I)c2cnccc21. The number of nitrogens with zero attached hydrogens (tertiary/aromatic N) is 2. The number of fused-ring (bicyclic) bond motifs is 1. The van der Waals surface area contributed by atoms with Crippen LogP contribution < -0.4 is 0 Å². The van der Waals surface area contributed by atoms with E-state index in [0.717, 1.165) is 14.5 Å². The minimum absolute atomic E-state index is 0.364. The van der Waals surface area contributed by atoms with Crippen LogP contribution in [0.1, 0.15) is 20.8 Å². The maximum absolute atomic E-state index is 12.0. The number of hydrogen-bond donors (Lipinski definition) is 0. The van der Waals surface area contributed by atoms with Gasteiger partial charge in [-0.05, 0) is 49.4 Å². The molecule has 0 aliphatic heterocycles. The van der Waals surface area contributed by atoms with Crippen LogP contribution in [0.5, 0.6) is 0 Å². The molecule has 0 aliphatic carbocycles. The van der Waals surface area contributed by atoms with Crippen LogP contribution in [0.25, 0.3) is 10.9 Å². The first-order chi connectivity index (χ1) is 7.88. The van der Waals surface area contributed by atoms with Gasteiger partial charge in [0.05, 0.1) is 5.52 Å². The van der Waals surface area contributed by atoms with E-state index in [1.54, 1.807) is 24.7 Å². The van der Waals surface area contributed by atoms with E-state index in [2.05, 4.69) is 27.6 Å². The zero-order chi connectivity index (χ0) is 12.6. The summed E-state index contributed by atoms with van der Waals surface area (Å²) in [6.45, 7) is 5.55. The number of halogens is 1. The molecule has 0 amide bonds. The third-order valence-corrected chi connectivity index (χ3v) is 3.01. The quantitative estimate of drug-likeness (QED) is 0.688. The van der Waals surface area contributed by atoms with Gasteiger partial charge >= 0.3 is 6.09 Å². The molecule has 0 N–H and O–H groups in total. The van der Waals surface area contributed by atoms with E-state index in [9.17, 15) is 4.79 Å². The highest BCUT2D eigenvalue weighted by molar-refractivity contribution is 14.1.